The van der Waals surface area contributed by atoms with E-state index in [0.717, 1.165) is 19.4 Å². The minimum absolute atomic E-state index is 0.154. The summed E-state index contributed by atoms with van der Waals surface area (Å²) in [6.07, 6.45) is 1.93. The normalized spacial score (nSPS) is 33.2. The van der Waals surface area contributed by atoms with Gasteiger partial charge in [-0.05, 0) is 26.3 Å². The van der Waals surface area contributed by atoms with Gasteiger partial charge in [0, 0.05) is 22.7 Å². The van der Waals surface area contributed by atoms with Crippen LogP contribution in [0.4, 0.5) is 0 Å². The zero-order chi connectivity index (χ0) is 9.84. The predicted octanol–water partition coefficient (Wildman–Crippen LogP) is 0.650. The molecular weight excluding hydrogens is 186 g/mol. The lowest BCUT2D eigenvalue weighted by molar-refractivity contribution is 0.126. The standard InChI is InChI=1S/C9H19NO2S/c1-7(3-5-10)13(11)9-4-6-12-8(9)2/h7-9H,3-6,10H2,1-2H3. The molecule has 1 fully saturated rings. The van der Waals surface area contributed by atoms with Crippen LogP contribution >= 0.6 is 0 Å². The van der Waals surface area contributed by atoms with E-state index in [-0.39, 0.29) is 16.6 Å². The van der Waals surface area contributed by atoms with Gasteiger partial charge in [-0.25, -0.2) is 0 Å². The van der Waals surface area contributed by atoms with Crippen LogP contribution in [-0.4, -0.2) is 34.0 Å². The Hall–Kier alpha value is 0.0700. The third-order valence-corrected chi connectivity index (χ3v) is 4.82. The minimum Gasteiger partial charge on any atom is -0.377 e. The van der Waals surface area contributed by atoms with Crippen LogP contribution in [0.3, 0.4) is 0 Å². The molecule has 2 N–H and O–H groups in total. The molecule has 3 nitrogen and oxygen atoms in total. The number of nitrogens with two attached hydrogens (primary N) is 1. The minimum atomic E-state index is -0.775. The summed E-state index contributed by atoms with van der Waals surface area (Å²) in [5.41, 5.74) is 5.43. The highest BCUT2D eigenvalue weighted by molar-refractivity contribution is 7.86. The lowest BCUT2D eigenvalue weighted by Gasteiger charge is -2.18. The van der Waals surface area contributed by atoms with Gasteiger partial charge in [0.25, 0.3) is 0 Å². The van der Waals surface area contributed by atoms with Gasteiger partial charge in [-0.1, -0.05) is 6.92 Å². The molecule has 0 aliphatic carbocycles. The Morgan fingerprint density at radius 2 is 2.38 bits per heavy atom. The molecule has 0 saturated carbocycles. The maximum Gasteiger partial charge on any atom is 0.0691 e. The van der Waals surface area contributed by atoms with Crippen LogP contribution in [0, 0.1) is 0 Å². The van der Waals surface area contributed by atoms with Gasteiger partial charge in [0.2, 0.25) is 0 Å². The highest BCUT2D eigenvalue weighted by Gasteiger charge is 2.31. The van der Waals surface area contributed by atoms with E-state index in [4.69, 9.17) is 10.5 Å². The van der Waals surface area contributed by atoms with Gasteiger partial charge >= 0.3 is 0 Å². The van der Waals surface area contributed by atoms with Gasteiger partial charge in [0.1, 0.15) is 0 Å². The number of hydrogen-bond donors (Lipinski definition) is 1. The van der Waals surface area contributed by atoms with Crippen molar-refractivity contribution >= 4 is 10.8 Å². The van der Waals surface area contributed by atoms with Crippen molar-refractivity contribution in [3.63, 3.8) is 0 Å². The highest BCUT2D eigenvalue weighted by atomic mass is 32.2. The van der Waals surface area contributed by atoms with Crippen molar-refractivity contribution in [2.45, 2.75) is 43.3 Å². The van der Waals surface area contributed by atoms with E-state index in [9.17, 15) is 4.21 Å². The first kappa shape index (κ1) is 11.1. The van der Waals surface area contributed by atoms with E-state index in [0.29, 0.717) is 6.54 Å². The van der Waals surface area contributed by atoms with Crippen LogP contribution < -0.4 is 5.73 Å². The van der Waals surface area contributed by atoms with E-state index in [1.165, 1.54) is 0 Å². The molecule has 78 valence electrons. The topological polar surface area (TPSA) is 52.3 Å². The molecular formula is C9H19NO2S. The Balaban J connectivity index is 2.46. The fraction of sp³-hybridized carbons (Fsp3) is 1.00. The lowest BCUT2D eigenvalue weighted by atomic mass is 10.2. The number of ether oxygens (including phenoxy) is 1. The average Bonchev–Trinajstić information content (AvgIpc) is 2.50. The summed E-state index contributed by atoms with van der Waals surface area (Å²) >= 11 is 0. The Morgan fingerprint density at radius 1 is 1.69 bits per heavy atom. The summed E-state index contributed by atoms with van der Waals surface area (Å²) in [6, 6.07) is 0. The summed E-state index contributed by atoms with van der Waals surface area (Å²) in [6.45, 7) is 5.39. The van der Waals surface area contributed by atoms with Crippen LogP contribution in [-0.2, 0) is 15.5 Å². The molecule has 13 heavy (non-hydrogen) atoms. The van der Waals surface area contributed by atoms with Crippen LogP contribution in [0.5, 0.6) is 0 Å². The fourth-order valence-electron chi connectivity index (χ4n) is 1.67. The third kappa shape index (κ3) is 2.76. The average molecular weight is 205 g/mol. The molecule has 4 unspecified atom stereocenters. The van der Waals surface area contributed by atoms with Crippen molar-refractivity contribution in [3.05, 3.63) is 0 Å². The lowest BCUT2D eigenvalue weighted by Crippen LogP contribution is -2.30. The van der Waals surface area contributed by atoms with Crippen molar-refractivity contribution in [2.75, 3.05) is 13.2 Å². The van der Waals surface area contributed by atoms with Crippen LogP contribution in [0.1, 0.15) is 26.7 Å². The second kappa shape index (κ2) is 5.08. The second-order valence-corrected chi connectivity index (χ2v) is 5.69. The van der Waals surface area contributed by atoms with Gasteiger partial charge in [-0.2, -0.15) is 0 Å². The molecule has 1 heterocycles. The maximum atomic E-state index is 11.9. The van der Waals surface area contributed by atoms with Crippen LogP contribution in [0.2, 0.25) is 0 Å². The van der Waals surface area contributed by atoms with Gasteiger partial charge in [-0.15, -0.1) is 0 Å². The van der Waals surface area contributed by atoms with Crippen molar-refractivity contribution < 1.29 is 8.95 Å². The van der Waals surface area contributed by atoms with E-state index in [2.05, 4.69) is 0 Å². The number of rotatable bonds is 4. The Labute approximate surface area is 82.5 Å². The summed E-state index contributed by atoms with van der Waals surface area (Å²) in [7, 11) is -0.775. The first-order valence-corrected chi connectivity index (χ1v) is 6.15. The van der Waals surface area contributed by atoms with Gasteiger partial charge < -0.3 is 10.5 Å². The largest absolute Gasteiger partial charge is 0.377 e. The molecule has 0 bridgehead atoms. The van der Waals surface area contributed by atoms with Gasteiger partial charge in [-0.3, -0.25) is 4.21 Å². The zero-order valence-corrected chi connectivity index (χ0v) is 9.18. The Bertz CT molecular complexity index is 186. The fourth-order valence-corrected chi connectivity index (χ4v) is 3.42. The molecule has 4 heteroatoms. The monoisotopic (exact) mass is 205 g/mol. The van der Waals surface area contributed by atoms with Crippen molar-refractivity contribution in [3.8, 4) is 0 Å². The quantitative estimate of drug-likeness (QED) is 0.733. The van der Waals surface area contributed by atoms with Crippen LogP contribution in [0.15, 0.2) is 0 Å². The molecule has 0 aromatic heterocycles. The summed E-state index contributed by atoms with van der Waals surface area (Å²) in [4.78, 5) is 0. The Kier molecular flexibility index (Phi) is 4.35. The molecule has 0 aromatic rings. The molecule has 1 aliphatic rings. The SMILES string of the molecule is CC1OCCC1S(=O)C(C)CCN. The molecule has 0 radical (unpaired) electrons. The van der Waals surface area contributed by atoms with E-state index in [1.54, 1.807) is 0 Å². The summed E-state index contributed by atoms with van der Waals surface area (Å²) < 4.78 is 17.3. The second-order valence-electron chi connectivity index (χ2n) is 3.62. The highest BCUT2D eigenvalue weighted by Crippen LogP contribution is 2.21. The summed E-state index contributed by atoms with van der Waals surface area (Å²) in [5.74, 6) is 0. The van der Waals surface area contributed by atoms with E-state index in [1.807, 2.05) is 13.8 Å². The van der Waals surface area contributed by atoms with Crippen LogP contribution in [0.25, 0.3) is 0 Å². The first-order chi connectivity index (χ1) is 6.16. The number of hydrogen-bond acceptors (Lipinski definition) is 3. The molecule has 1 aliphatic heterocycles. The maximum absolute atomic E-state index is 11.9. The zero-order valence-electron chi connectivity index (χ0n) is 8.36. The van der Waals surface area contributed by atoms with Crippen molar-refractivity contribution in [1.82, 2.24) is 0 Å². The third-order valence-electron chi connectivity index (χ3n) is 2.57. The molecule has 0 aromatic carbocycles. The van der Waals surface area contributed by atoms with Crippen molar-refractivity contribution in [1.29, 1.82) is 0 Å². The molecule has 0 spiro atoms. The van der Waals surface area contributed by atoms with Gasteiger partial charge in [0.05, 0.1) is 11.4 Å². The predicted molar refractivity (Wildman–Crippen MR) is 55.1 cm³/mol. The van der Waals surface area contributed by atoms with Gasteiger partial charge in [0.15, 0.2) is 0 Å². The van der Waals surface area contributed by atoms with E-state index < -0.39 is 10.8 Å². The molecule has 1 saturated heterocycles. The Morgan fingerprint density at radius 3 is 2.85 bits per heavy atom. The molecule has 1 rings (SSSR count). The molecule has 4 atom stereocenters. The van der Waals surface area contributed by atoms with Crippen molar-refractivity contribution in [2.24, 2.45) is 5.73 Å². The molecule has 0 amide bonds. The smallest absolute Gasteiger partial charge is 0.0691 e. The first-order valence-electron chi connectivity index (χ1n) is 4.88. The summed E-state index contributed by atoms with van der Waals surface area (Å²) in [5, 5.41) is 0.431. The van der Waals surface area contributed by atoms with E-state index >= 15 is 0 Å².